The van der Waals surface area contributed by atoms with E-state index in [0.29, 0.717) is 9.13 Å². The summed E-state index contributed by atoms with van der Waals surface area (Å²) < 4.78 is 43.5. The van der Waals surface area contributed by atoms with Gasteiger partial charge >= 0.3 is 6.18 Å². The monoisotopic (exact) mass is 521 g/mol. The Kier molecular flexibility index (Phi) is 7.42. The van der Waals surface area contributed by atoms with Crippen molar-refractivity contribution in [1.82, 2.24) is 5.43 Å². The number of hydrogen-bond donors (Lipinski definition) is 3. The summed E-state index contributed by atoms with van der Waals surface area (Å²) in [6.07, 6.45) is -3.89. The van der Waals surface area contributed by atoms with Crippen LogP contribution in [0.3, 0.4) is 0 Å². The number of rotatable bonds is 6. The van der Waals surface area contributed by atoms with Gasteiger partial charge in [0.25, 0.3) is 0 Å². The van der Waals surface area contributed by atoms with Crippen molar-refractivity contribution in [2.75, 3.05) is 12.4 Å². The Morgan fingerprint density at radius 1 is 1.24 bits per heavy atom. The van der Waals surface area contributed by atoms with Crippen LogP contribution in [0.1, 0.15) is 17.5 Å². The minimum Gasteiger partial charge on any atom is -0.504 e. The van der Waals surface area contributed by atoms with Gasteiger partial charge in [-0.2, -0.15) is 18.3 Å². The van der Waals surface area contributed by atoms with E-state index in [4.69, 9.17) is 4.74 Å². The number of carbonyl (C=O) groups is 2. The molecule has 0 aliphatic heterocycles. The number of phenolic OH excluding ortho intramolecular Hbond substituents is 1. The SMILES string of the molecule is COc1cc(/C=N/NC(=O)CC(=O)Nc2cccc(C(F)(F)F)c2)cc(I)c1O. The number of amides is 2. The maximum absolute atomic E-state index is 12.7. The number of carbonyl (C=O) groups excluding carboxylic acids is 2. The molecular formula is C18H15F3IN3O4. The van der Waals surface area contributed by atoms with Gasteiger partial charge in [-0.15, -0.1) is 0 Å². The number of nitrogens with one attached hydrogen (secondary N) is 2. The molecule has 29 heavy (non-hydrogen) atoms. The highest BCUT2D eigenvalue weighted by atomic mass is 127. The summed E-state index contributed by atoms with van der Waals surface area (Å²) in [6, 6.07) is 7.16. The lowest BCUT2D eigenvalue weighted by molar-refractivity contribution is -0.137. The molecule has 11 heteroatoms. The lowest BCUT2D eigenvalue weighted by Gasteiger charge is -2.09. The molecule has 0 atom stereocenters. The summed E-state index contributed by atoms with van der Waals surface area (Å²) in [5, 5.41) is 15.7. The first-order valence-electron chi connectivity index (χ1n) is 7.95. The van der Waals surface area contributed by atoms with Crippen LogP contribution in [0.2, 0.25) is 0 Å². The highest BCUT2D eigenvalue weighted by molar-refractivity contribution is 14.1. The third-order valence-electron chi connectivity index (χ3n) is 3.47. The zero-order valence-corrected chi connectivity index (χ0v) is 17.0. The van der Waals surface area contributed by atoms with E-state index in [1.165, 1.54) is 25.5 Å². The van der Waals surface area contributed by atoms with Gasteiger partial charge in [-0.25, -0.2) is 5.43 Å². The molecule has 0 radical (unpaired) electrons. The van der Waals surface area contributed by atoms with E-state index in [-0.39, 0.29) is 17.2 Å². The second-order valence-electron chi connectivity index (χ2n) is 5.65. The van der Waals surface area contributed by atoms with Gasteiger partial charge < -0.3 is 15.2 Å². The summed E-state index contributed by atoms with van der Waals surface area (Å²) in [5.41, 5.74) is 1.67. The minimum atomic E-state index is -4.54. The zero-order valence-electron chi connectivity index (χ0n) is 14.9. The van der Waals surface area contributed by atoms with Crippen LogP contribution in [0.15, 0.2) is 41.5 Å². The van der Waals surface area contributed by atoms with E-state index in [0.717, 1.165) is 18.2 Å². The fourth-order valence-corrected chi connectivity index (χ4v) is 2.79. The molecule has 0 aliphatic rings. The summed E-state index contributed by atoms with van der Waals surface area (Å²) in [4.78, 5) is 23.6. The average Bonchev–Trinajstić information content (AvgIpc) is 2.63. The molecule has 0 aliphatic carbocycles. The van der Waals surface area contributed by atoms with E-state index < -0.39 is 30.0 Å². The number of alkyl halides is 3. The van der Waals surface area contributed by atoms with Crippen molar-refractivity contribution in [1.29, 1.82) is 0 Å². The molecule has 7 nitrogen and oxygen atoms in total. The van der Waals surface area contributed by atoms with Crippen LogP contribution in [-0.4, -0.2) is 30.2 Å². The molecule has 154 valence electrons. The van der Waals surface area contributed by atoms with E-state index in [1.807, 2.05) is 22.6 Å². The standard InChI is InChI=1S/C18H15F3IN3O4/c1-29-14-6-10(5-13(22)17(14)28)9-23-25-16(27)8-15(26)24-12-4-2-3-11(7-12)18(19,20)21/h2-7,9,28H,8H2,1H3,(H,24,26)(H,25,27)/b23-9+. The molecular weight excluding hydrogens is 506 g/mol. The average molecular weight is 521 g/mol. The Morgan fingerprint density at radius 3 is 2.62 bits per heavy atom. The number of halogens is 4. The molecule has 2 aromatic rings. The number of nitrogens with zero attached hydrogens (tertiary/aromatic N) is 1. The molecule has 2 rings (SSSR count). The number of ether oxygens (including phenoxy) is 1. The van der Waals surface area contributed by atoms with Crippen molar-refractivity contribution in [2.45, 2.75) is 12.6 Å². The van der Waals surface area contributed by atoms with Gasteiger partial charge in [-0.1, -0.05) is 6.07 Å². The van der Waals surface area contributed by atoms with Gasteiger partial charge in [-0.3, -0.25) is 9.59 Å². The molecule has 2 aromatic carbocycles. The molecule has 0 fully saturated rings. The summed E-state index contributed by atoms with van der Waals surface area (Å²) >= 11 is 1.90. The zero-order chi connectivity index (χ0) is 21.6. The van der Waals surface area contributed by atoms with Gasteiger partial charge in [0.15, 0.2) is 11.5 Å². The maximum atomic E-state index is 12.7. The predicted octanol–water partition coefficient (Wildman–Crippen LogP) is 3.50. The molecule has 0 saturated carbocycles. The number of phenols is 1. The molecule has 2 amide bonds. The van der Waals surface area contributed by atoms with Crippen molar-refractivity contribution in [3.05, 3.63) is 51.1 Å². The topological polar surface area (TPSA) is 100 Å². The number of hydrazone groups is 1. The quantitative estimate of drug-likeness (QED) is 0.235. The fraction of sp³-hybridized carbons (Fsp3) is 0.167. The molecule has 0 bridgehead atoms. The van der Waals surface area contributed by atoms with E-state index in [1.54, 1.807) is 6.07 Å². The van der Waals surface area contributed by atoms with Crippen LogP contribution < -0.4 is 15.5 Å². The van der Waals surface area contributed by atoms with Gasteiger partial charge in [0.05, 0.1) is 22.5 Å². The third-order valence-corrected chi connectivity index (χ3v) is 4.29. The number of methoxy groups -OCH3 is 1. The molecule has 0 spiro atoms. The Morgan fingerprint density at radius 2 is 1.97 bits per heavy atom. The Bertz CT molecular complexity index is 948. The molecule has 0 aromatic heterocycles. The third kappa shape index (κ3) is 6.62. The second-order valence-corrected chi connectivity index (χ2v) is 6.81. The maximum Gasteiger partial charge on any atom is 0.416 e. The lowest BCUT2D eigenvalue weighted by atomic mass is 10.2. The Balaban J connectivity index is 1.92. The van der Waals surface area contributed by atoms with Crippen molar-refractivity contribution in [2.24, 2.45) is 5.10 Å². The number of aromatic hydroxyl groups is 1. The van der Waals surface area contributed by atoms with Crippen LogP contribution in [0.4, 0.5) is 18.9 Å². The van der Waals surface area contributed by atoms with Crippen LogP contribution in [0, 0.1) is 3.57 Å². The Hall–Kier alpha value is -2.83. The minimum absolute atomic E-state index is 0.0273. The smallest absolute Gasteiger partial charge is 0.416 e. The van der Waals surface area contributed by atoms with Crippen molar-refractivity contribution < 1.29 is 32.6 Å². The number of hydrogen-bond acceptors (Lipinski definition) is 5. The summed E-state index contributed by atoms with van der Waals surface area (Å²) in [6.45, 7) is 0. The van der Waals surface area contributed by atoms with E-state index in [2.05, 4.69) is 15.8 Å². The number of anilines is 1. The first kappa shape index (κ1) is 22.5. The van der Waals surface area contributed by atoms with Gasteiger partial charge in [0.2, 0.25) is 11.8 Å². The Labute approximate surface area is 177 Å². The normalized spacial score (nSPS) is 11.3. The highest BCUT2D eigenvalue weighted by Crippen LogP contribution is 2.32. The largest absolute Gasteiger partial charge is 0.504 e. The first-order chi connectivity index (χ1) is 13.6. The van der Waals surface area contributed by atoms with E-state index in [9.17, 15) is 27.9 Å². The lowest BCUT2D eigenvalue weighted by Crippen LogP contribution is -2.24. The molecule has 3 N–H and O–H groups in total. The summed E-state index contributed by atoms with van der Waals surface area (Å²) in [5.74, 6) is -1.35. The van der Waals surface area contributed by atoms with Gasteiger partial charge in [0.1, 0.15) is 6.42 Å². The molecule has 0 unspecified atom stereocenters. The predicted molar refractivity (Wildman–Crippen MR) is 108 cm³/mol. The van der Waals surface area contributed by atoms with Crippen molar-refractivity contribution in [3.63, 3.8) is 0 Å². The summed E-state index contributed by atoms with van der Waals surface area (Å²) in [7, 11) is 1.39. The van der Waals surface area contributed by atoms with Crippen LogP contribution in [0.5, 0.6) is 11.5 Å². The van der Waals surface area contributed by atoms with Crippen molar-refractivity contribution >= 4 is 46.3 Å². The van der Waals surface area contributed by atoms with E-state index >= 15 is 0 Å². The van der Waals surface area contributed by atoms with Gasteiger partial charge in [-0.05, 0) is 58.5 Å². The highest BCUT2D eigenvalue weighted by Gasteiger charge is 2.30. The molecule has 0 heterocycles. The van der Waals surface area contributed by atoms with Crippen LogP contribution >= 0.6 is 22.6 Å². The fourth-order valence-electron chi connectivity index (χ4n) is 2.17. The van der Waals surface area contributed by atoms with Crippen LogP contribution in [0.25, 0.3) is 0 Å². The number of benzene rings is 2. The van der Waals surface area contributed by atoms with Crippen LogP contribution in [-0.2, 0) is 15.8 Å². The first-order valence-corrected chi connectivity index (χ1v) is 9.03. The van der Waals surface area contributed by atoms with Gasteiger partial charge in [0, 0.05) is 5.69 Å². The van der Waals surface area contributed by atoms with Crippen molar-refractivity contribution in [3.8, 4) is 11.5 Å². The second kappa shape index (κ2) is 9.58. The molecule has 0 saturated heterocycles.